The average Bonchev–Trinajstić information content (AvgIpc) is 2.95. The Labute approximate surface area is 229 Å². The lowest BCUT2D eigenvalue weighted by atomic mass is 9.95. The summed E-state index contributed by atoms with van der Waals surface area (Å²) in [4.78, 5) is 12.3. The van der Waals surface area contributed by atoms with E-state index in [-0.39, 0.29) is 12.5 Å². The van der Waals surface area contributed by atoms with E-state index in [0.717, 1.165) is 24.8 Å². The number of nitrogens with one attached hydrogen (secondary N) is 1. The number of aliphatic hydroxyl groups excluding tert-OH is 3. The van der Waals surface area contributed by atoms with Crippen LogP contribution in [0.2, 0.25) is 0 Å². The third-order valence-electron chi connectivity index (χ3n) is 6.43. The van der Waals surface area contributed by atoms with Gasteiger partial charge in [0.15, 0.2) is 18.9 Å². The van der Waals surface area contributed by atoms with E-state index in [4.69, 9.17) is 39.3 Å². The van der Waals surface area contributed by atoms with Crippen LogP contribution in [0.25, 0.3) is 0 Å². The summed E-state index contributed by atoms with van der Waals surface area (Å²) in [6.45, 7) is 2.01. The molecule has 1 amide bonds. The number of nitrogens with two attached hydrogens (primary N) is 1. The van der Waals surface area contributed by atoms with Gasteiger partial charge in [0.2, 0.25) is 5.91 Å². The Morgan fingerprint density at radius 1 is 1.18 bits per heavy atom. The topological polar surface area (TPSA) is 171 Å². The van der Waals surface area contributed by atoms with Crippen LogP contribution in [0.15, 0.2) is 42.5 Å². The van der Waals surface area contributed by atoms with E-state index in [1.165, 1.54) is 26.2 Å². The van der Waals surface area contributed by atoms with Gasteiger partial charge in [0.1, 0.15) is 30.5 Å². The minimum absolute atomic E-state index is 0.173. The zero-order valence-corrected chi connectivity index (χ0v) is 22.5. The Hall–Kier alpha value is -1.97. The molecule has 0 saturated carbocycles. The summed E-state index contributed by atoms with van der Waals surface area (Å²) in [7, 11) is 1.36. The fraction of sp³-hybridized carbons (Fsp3) is 0.667. The van der Waals surface area contributed by atoms with Crippen LogP contribution >= 0.6 is 0 Å². The van der Waals surface area contributed by atoms with Crippen LogP contribution in [-0.4, -0.2) is 104 Å². The van der Waals surface area contributed by atoms with Gasteiger partial charge in [-0.1, -0.05) is 42.5 Å². The van der Waals surface area contributed by atoms with Crippen molar-refractivity contribution in [2.75, 3.05) is 33.5 Å². The number of carbonyl (C=O) groups is 1. The molecule has 39 heavy (non-hydrogen) atoms. The first kappa shape index (κ1) is 31.6. The van der Waals surface area contributed by atoms with Gasteiger partial charge in [-0.3, -0.25) is 4.79 Å². The molecule has 3 rings (SSSR count). The lowest BCUT2D eigenvalue weighted by Crippen LogP contribution is -2.68. The highest BCUT2D eigenvalue weighted by atomic mass is 16.8. The van der Waals surface area contributed by atoms with Crippen molar-refractivity contribution in [3.8, 4) is 0 Å². The van der Waals surface area contributed by atoms with Crippen molar-refractivity contribution in [3.05, 3.63) is 48.0 Å². The molecule has 2 aliphatic heterocycles. The molecule has 7 unspecified atom stereocenters. The predicted molar refractivity (Wildman–Crippen MR) is 139 cm³/mol. The van der Waals surface area contributed by atoms with Crippen LogP contribution in [0.4, 0.5) is 0 Å². The van der Waals surface area contributed by atoms with Gasteiger partial charge in [-0.2, -0.15) is 0 Å². The molecule has 0 spiro atoms. The molecule has 220 valence electrons. The number of ether oxygens (including phenoxy) is 6. The van der Waals surface area contributed by atoms with Crippen molar-refractivity contribution < 1.29 is 48.5 Å². The molecular formula is C27H42N2O10. The van der Waals surface area contributed by atoms with Gasteiger partial charge in [-0.25, -0.2) is 0 Å². The molecule has 0 aromatic heterocycles. The molecule has 0 radical (unpaired) electrons. The van der Waals surface area contributed by atoms with E-state index >= 15 is 0 Å². The number of rotatable bonds is 15. The Balaban J connectivity index is 1.86. The Kier molecular flexibility index (Phi) is 13.2. The van der Waals surface area contributed by atoms with Crippen LogP contribution < -0.4 is 11.1 Å². The van der Waals surface area contributed by atoms with Crippen LogP contribution in [0.1, 0.15) is 38.0 Å². The van der Waals surface area contributed by atoms with E-state index in [2.05, 4.69) is 5.32 Å². The van der Waals surface area contributed by atoms with Crippen molar-refractivity contribution in [1.82, 2.24) is 5.32 Å². The maximum absolute atomic E-state index is 12.3. The molecule has 9 atom stereocenters. The number of aliphatic hydroxyl groups is 3. The first-order chi connectivity index (χ1) is 18.9. The highest BCUT2D eigenvalue weighted by molar-refractivity contribution is 5.73. The predicted octanol–water partition coefficient (Wildman–Crippen LogP) is 0.104. The SMILES string of the molecule is COC(OC1C(NC(C)=O)C(OCCCCCN)OC2COC(c3ccccc3)OC21)[C@@H](O)/C=C/[C@H](O)CO. The van der Waals surface area contributed by atoms with Gasteiger partial charge >= 0.3 is 0 Å². The van der Waals surface area contributed by atoms with Crippen molar-refractivity contribution in [3.63, 3.8) is 0 Å². The zero-order chi connectivity index (χ0) is 28.2. The van der Waals surface area contributed by atoms with Gasteiger partial charge < -0.3 is 54.8 Å². The molecule has 0 bridgehead atoms. The Bertz CT molecular complexity index is 875. The molecule has 6 N–H and O–H groups in total. The quantitative estimate of drug-likeness (QED) is 0.113. The second kappa shape index (κ2) is 16.3. The summed E-state index contributed by atoms with van der Waals surface area (Å²) in [6, 6.07) is 8.57. The molecule has 1 aromatic rings. The van der Waals surface area contributed by atoms with Crippen LogP contribution in [0, 0.1) is 0 Å². The minimum atomic E-state index is -1.31. The lowest BCUT2D eigenvalue weighted by molar-refractivity contribution is -0.362. The molecular weight excluding hydrogens is 512 g/mol. The number of benzene rings is 1. The van der Waals surface area contributed by atoms with Gasteiger partial charge in [0.25, 0.3) is 0 Å². The fourth-order valence-electron chi connectivity index (χ4n) is 4.49. The molecule has 12 heteroatoms. The summed E-state index contributed by atoms with van der Waals surface area (Å²) >= 11 is 0. The van der Waals surface area contributed by atoms with E-state index in [1.54, 1.807) is 0 Å². The maximum Gasteiger partial charge on any atom is 0.217 e. The number of hydrogen-bond donors (Lipinski definition) is 5. The number of unbranched alkanes of at least 4 members (excludes halogenated alkanes) is 2. The monoisotopic (exact) mass is 554 g/mol. The molecule has 2 heterocycles. The number of amides is 1. The van der Waals surface area contributed by atoms with E-state index in [0.29, 0.717) is 13.2 Å². The highest BCUT2D eigenvalue weighted by Crippen LogP contribution is 2.36. The summed E-state index contributed by atoms with van der Waals surface area (Å²) in [5, 5.41) is 32.3. The van der Waals surface area contributed by atoms with Gasteiger partial charge in [0, 0.05) is 26.2 Å². The van der Waals surface area contributed by atoms with Crippen molar-refractivity contribution in [2.45, 2.75) is 81.6 Å². The van der Waals surface area contributed by atoms with Crippen LogP contribution in [-0.2, 0) is 33.2 Å². The largest absolute Gasteiger partial charge is 0.393 e. The Morgan fingerprint density at radius 2 is 1.95 bits per heavy atom. The number of carbonyl (C=O) groups excluding carboxylic acids is 1. The molecule has 2 aliphatic rings. The van der Waals surface area contributed by atoms with Crippen molar-refractivity contribution in [2.24, 2.45) is 5.73 Å². The lowest BCUT2D eigenvalue weighted by Gasteiger charge is -2.50. The zero-order valence-electron chi connectivity index (χ0n) is 22.5. The van der Waals surface area contributed by atoms with Gasteiger partial charge in [-0.15, -0.1) is 0 Å². The highest BCUT2D eigenvalue weighted by Gasteiger charge is 2.52. The summed E-state index contributed by atoms with van der Waals surface area (Å²) in [5.74, 6) is -0.334. The maximum atomic E-state index is 12.3. The third-order valence-corrected chi connectivity index (χ3v) is 6.43. The van der Waals surface area contributed by atoms with E-state index in [1.807, 2.05) is 30.3 Å². The van der Waals surface area contributed by atoms with E-state index < -0.39 is 62.0 Å². The van der Waals surface area contributed by atoms with Crippen molar-refractivity contribution >= 4 is 5.91 Å². The summed E-state index contributed by atoms with van der Waals surface area (Å²) < 4.78 is 36.3. The smallest absolute Gasteiger partial charge is 0.217 e. The molecule has 12 nitrogen and oxygen atoms in total. The fourth-order valence-corrected chi connectivity index (χ4v) is 4.49. The van der Waals surface area contributed by atoms with Gasteiger partial charge in [-0.05, 0) is 25.8 Å². The second-order valence-electron chi connectivity index (χ2n) is 9.50. The third kappa shape index (κ3) is 9.29. The minimum Gasteiger partial charge on any atom is -0.393 e. The summed E-state index contributed by atoms with van der Waals surface area (Å²) in [5.41, 5.74) is 6.38. The first-order valence-electron chi connectivity index (χ1n) is 13.3. The summed E-state index contributed by atoms with van der Waals surface area (Å²) in [6.07, 6.45) is -2.47. The molecule has 1 aromatic carbocycles. The standard InChI is InChI=1S/C27H42N2O10/c1-17(31)29-22-24(39-26(34-2)20(33)12-11-19(32)15-30)23-21(37-27(22)35-14-8-4-7-13-28)16-36-25(38-23)18-9-5-3-6-10-18/h3,5-6,9-12,19-27,30,32-33H,4,7-8,13-16,28H2,1-2H3,(H,29,31)/b12-11+/t19-,20-,21?,22?,23?,24?,25?,26?,27?/m0/s1. The molecule has 2 saturated heterocycles. The first-order valence-corrected chi connectivity index (χ1v) is 13.3. The Morgan fingerprint density at radius 3 is 2.62 bits per heavy atom. The molecule has 2 fully saturated rings. The van der Waals surface area contributed by atoms with Crippen LogP contribution in [0.3, 0.4) is 0 Å². The molecule has 0 aliphatic carbocycles. The van der Waals surface area contributed by atoms with Crippen molar-refractivity contribution in [1.29, 1.82) is 0 Å². The van der Waals surface area contributed by atoms with E-state index in [9.17, 15) is 15.0 Å². The number of hydrogen-bond acceptors (Lipinski definition) is 11. The number of methoxy groups -OCH3 is 1. The van der Waals surface area contributed by atoms with Crippen LogP contribution in [0.5, 0.6) is 0 Å². The van der Waals surface area contributed by atoms with Gasteiger partial charge in [0.05, 0.1) is 19.3 Å². The number of fused-ring (bicyclic) bond motifs is 1. The average molecular weight is 555 g/mol. The second-order valence-corrected chi connectivity index (χ2v) is 9.50. The normalized spacial score (nSPS) is 29.5.